The van der Waals surface area contributed by atoms with Crippen LogP contribution in [-0.4, -0.2) is 5.91 Å². The van der Waals surface area contributed by atoms with E-state index in [0.717, 1.165) is 30.3 Å². The molecule has 0 fully saturated rings. The predicted octanol–water partition coefficient (Wildman–Crippen LogP) is 4.97. The predicted molar refractivity (Wildman–Crippen MR) is 83.7 cm³/mol. The van der Waals surface area contributed by atoms with E-state index < -0.39 is 34.3 Å². The van der Waals surface area contributed by atoms with Gasteiger partial charge in [-0.1, -0.05) is 23.7 Å². The maximum absolute atomic E-state index is 13.0. The molecule has 25 heavy (non-hydrogen) atoms. The molecule has 0 aromatic heterocycles. The average molecular weight is 376 g/mol. The van der Waals surface area contributed by atoms with E-state index in [0.29, 0.717) is 0 Å². The van der Waals surface area contributed by atoms with Gasteiger partial charge < -0.3 is 5.32 Å². The number of hydrogen-bond donors (Lipinski definition) is 1. The van der Waals surface area contributed by atoms with Crippen LogP contribution >= 0.6 is 11.6 Å². The Morgan fingerprint density at radius 1 is 1.08 bits per heavy atom. The van der Waals surface area contributed by atoms with Crippen LogP contribution in [0, 0.1) is 11.6 Å². The van der Waals surface area contributed by atoms with Crippen molar-refractivity contribution in [1.29, 1.82) is 0 Å². The molecule has 0 aliphatic heterocycles. The second kappa shape index (κ2) is 7.65. The van der Waals surface area contributed by atoms with Crippen LogP contribution in [0.1, 0.15) is 16.7 Å². The molecule has 0 bridgehead atoms. The van der Waals surface area contributed by atoms with Crippen molar-refractivity contribution in [3.63, 3.8) is 0 Å². The second-order valence-corrected chi connectivity index (χ2v) is 5.44. The minimum absolute atomic E-state index is 0.152. The molecule has 0 aliphatic rings. The van der Waals surface area contributed by atoms with Crippen molar-refractivity contribution in [3.8, 4) is 0 Å². The van der Waals surface area contributed by atoms with Crippen LogP contribution in [0.4, 0.5) is 22.0 Å². The Bertz CT molecular complexity index is 817. The number of alkyl halides is 3. The molecule has 8 heteroatoms. The minimum atomic E-state index is -4.59. The van der Waals surface area contributed by atoms with Gasteiger partial charge in [0.25, 0.3) is 0 Å². The zero-order valence-corrected chi connectivity index (χ0v) is 13.3. The normalized spacial score (nSPS) is 11.8. The number of rotatable bonds is 4. The third-order valence-corrected chi connectivity index (χ3v) is 3.50. The van der Waals surface area contributed by atoms with E-state index in [2.05, 4.69) is 5.32 Å². The maximum atomic E-state index is 13.0. The van der Waals surface area contributed by atoms with Crippen LogP contribution in [0.5, 0.6) is 0 Å². The topological polar surface area (TPSA) is 29.1 Å². The van der Waals surface area contributed by atoms with Crippen molar-refractivity contribution in [1.82, 2.24) is 5.32 Å². The van der Waals surface area contributed by atoms with Gasteiger partial charge in [-0.2, -0.15) is 13.2 Å². The fraction of sp³-hybridized carbons (Fsp3) is 0.118. The third-order valence-electron chi connectivity index (χ3n) is 3.17. The van der Waals surface area contributed by atoms with Crippen LogP contribution in [0.25, 0.3) is 6.08 Å². The first kappa shape index (κ1) is 18.9. The number of amides is 1. The Balaban J connectivity index is 2.00. The van der Waals surface area contributed by atoms with E-state index in [-0.39, 0.29) is 17.7 Å². The zero-order valence-electron chi connectivity index (χ0n) is 12.5. The Morgan fingerprint density at radius 2 is 1.80 bits per heavy atom. The van der Waals surface area contributed by atoms with Crippen LogP contribution in [0.15, 0.2) is 42.5 Å². The molecule has 2 aromatic carbocycles. The maximum Gasteiger partial charge on any atom is 0.417 e. The minimum Gasteiger partial charge on any atom is -0.348 e. The Kier molecular flexibility index (Phi) is 5.79. The number of carbonyl (C=O) groups excluding carboxylic acids is 1. The SMILES string of the molecule is O=C(C=Cc1ccc(F)c(F)c1)NCc1ccc(Cl)c(C(F)(F)F)c1. The number of nitrogens with one attached hydrogen (secondary N) is 1. The van der Waals surface area contributed by atoms with E-state index in [1.165, 1.54) is 18.2 Å². The molecule has 0 spiro atoms. The largest absolute Gasteiger partial charge is 0.417 e. The number of carbonyl (C=O) groups is 1. The lowest BCUT2D eigenvalue weighted by molar-refractivity contribution is -0.137. The van der Waals surface area contributed by atoms with Gasteiger partial charge in [0.05, 0.1) is 10.6 Å². The number of halogens is 6. The first-order valence-corrected chi connectivity index (χ1v) is 7.31. The molecule has 0 atom stereocenters. The van der Waals surface area contributed by atoms with Crippen molar-refractivity contribution in [2.75, 3.05) is 0 Å². The summed E-state index contributed by atoms with van der Waals surface area (Å²) >= 11 is 5.51. The highest BCUT2D eigenvalue weighted by Crippen LogP contribution is 2.35. The number of benzene rings is 2. The molecule has 2 aromatic rings. The summed E-state index contributed by atoms with van der Waals surface area (Å²) in [5, 5.41) is 1.96. The highest BCUT2D eigenvalue weighted by Gasteiger charge is 2.33. The average Bonchev–Trinajstić information content (AvgIpc) is 2.54. The molecule has 2 nitrogen and oxygen atoms in total. The fourth-order valence-corrected chi connectivity index (χ4v) is 2.16. The van der Waals surface area contributed by atoms with Gasteiger partial charge >= 0.3 is 6.18 Å². The quantitative estimate of drug-likeness (QED) is 0.593. The van der Waals surface area contributed by atoms with Crippen molar-refractivity contribution >= 4 is 23.6 Å². The summed E-state index contributed by atoms with van der Waals surface area (Å²) in [6.45, 7) is -0.152. The van der Waals surface area contributed by atoms with Gasteiger partial charge in [0.15, 0.2) is 11.6 Å². The van der Waals surface area contributed by atoms with Crippen molar-refractivity contribution in [2.24, 2.45) is 0 Å². The smallest absolute Gasteiger partial charge is 0.348 e. The lowest BCUT2D eigenvalue weighted by Gasteiger charge is -2.11. The first-order chi connectivity index (χ1) is 11.7. The second-order valence-electron chi connectivity index (χ2n) is 5.04. The summed E-state index contributed by atoms with van der Waals surface area (Å²) in [4.78, 5) is 11.7. The van der Waals surface area contributed by atoms with Crippen LogP contribution in [0.2, 0.25) is 5.02 Å². The van der Waals surface area contributed by atoms with E-state index in [1.54, 1.807) is 0 Å². The van der Waals surface area contributed by atoms with Crippen LogP contribution in [-0.2, 0) is 17.5 Å². The lowest BCUT2D eigenvalue weighted by atomic mass is 10.1. The van der Waals surface area contributed by atoms with E-state index in [9.17, 15) is 26.7 Å². The first-order valence-electron chi connectivity index (χ1n) is 6.93. The molecule has 0 heterocycles. The van der Waals surface area contributed by atoms with Crippen molar-refractivity contribution in [3.05, 3.63) is 75.8 Å². The summed E-state index contributed by atoms with van der Waals surface area (Å²) in [5.41, 5.74) is -0.510. The molecule has 0 radical (unpaired) electrons. The summed E-state index contributed by atoms with van der Waals surface area (Å²) in [6, 6.07) is 6.41. The molecule has 0 aliphatic carbocycles. The van der Waals surface area contributed by atoms with Crippen LogP contribution in [0.3, 0.4) is 0 Å². The van der Waals surface area contributed by atoms with E-state index in [1.807, 2.05) is 0 Å². The summed E-state index contributed by atoms with van der Waals surface area (Å²) < 4.78 is 64.1. The molecule has 0 saturated heterocycles. The van der Waals surface area contributed by atoms with Gasteiger partial charge in [-0.25, -0.2) is 8.78 Å². The van der Waals surface area contributed by atoms with Crippen LogP contribution < -0.4 is 5.32 Å². The number of hydrogen-bond acceptors (Lipinski definition) is 1. The molecule has 1 N–H and O–H groups in total. The third kappa shape index (κ3) is 5.29. The summed E-state index contributed by atoms with van der Waals surface area (Å²) in [5.74, 6) is -2.67. The zero-order chi connectivity index (χ0) is 18.6. The van der Waals surface area contributed by atoms with Gasteiger partial charge in [-0.15, -0.1) is 0 Å². The summed E-state index contributed by atoms with van der Waals surface area (Å²) in [6.07, 6.45) is -2.28. The van der Waals surface area contributed by atoms with Gasteiger partial charge in [-0.05, 0) is 41.5 Å². The van der Waals surface area contributed by atoms with E-state index >= 15 is 0 Å². The highest BCUT2D eigenvalue weighted by atomic mass is 35.5. The molecule has 0 unspecified atom stereocenters. The monoisotopic (exact) mass is 375 g/mol. The molecule has 1 amide bonds. The Hall–Kier alpha value is -2.41. The molecule has 132 valence electrons. The highest BCUT2D eigenvalue weighted by molar-refractivity contribution is 6.31. The fourth-order valence-electron chi connectivity index (χ4n) is 1.94. The van der Waals surface area contributed by atoms with Gasteiger partial charge in [-0.3, -0.25) is 4.79 Å². The summed E-state index contributed by atoms with van der Waals surface area (Å²) in [7, 11) is 0. The standard InChI is InChI=1S/C17H11ClF5NO/c18-13-4-1-11(7-12(13)17(21,22)23)9-24-16(25)6-3-10-2-5-14(19)15(20)8-10/h1-8H,9H2,(H,24,25). The molecule has 0 saturated carbocycles. The van der Waals surface area contributed by atoms with Gasteiger partial charge in [0.1, 0.15) is 0 Å². The molecule has 2 rings (SSSR count). The Morgan fingerprint density at radius 3 is 2.44 bits per heavy atom. The molecular weight excluding hydrogens is 365 g/mol. The van der Waals surface area contributed by atoms with Gasteiger partial charge in [0, 0.05) is 12.6 Å². The molecular formula is C17H11ClF5NO. The lowest BCUT2D eigenvalue weighted by Crippen LogP contribution is -2.20. The van der Waals surface area contributed by atoms with Gasteiger partial charge in [0.2, 0.25) is 5.91 Å². The van der Waals surface area contributed by atoms with Crippen molar-refractivity contribution in [2.45, 2.75) is 12.7 Å². The Labute approximate surface area is 144 Å². The van der Waals surface area contributed by atoms with Crippen molar-refractivity contribution < 1.29 is 26.7 Å². The van der Waals surface area contributed by atoms with E-state index in [4.69, 9.17) is 11.6 Å².